The number of rotatable bonds is 4. The molecule has 110 valence electrons. The summed E-state index contributed by atoms with van der Waals surface area (Å²) in [6.07, 6.45) is 5.24. The first-order valence-corrected chi connectivity index (χ1v) is 7.70. The van der Waals surface area contributed by atoms with Crippen molar-refractivity contribution in [1.82, 2.24) is 5.32 Å². The first kappa shape index (κ1) is 15.0. The maximum Gasteiger partial charge on any atom is 0.252 e. The molecule has 0 saturated heterocycles. The van der Waals surface area contributed by atoms with Crippen molar-refractivity contribution in [3.63, 3.8) is 0 Å². The van der Waals surface area contributed by atoms with Gasteiger partial charge in [0.1, 0.15) is 0 Å². The summed E-state index contributed by atoms with van der Waals surface area (Å²) in [4.78, 5) is 12.6. The average Bonchev–Trinajstić information content (AvgIpc) is 2.47. The lowest BCUT2D eigenvalue weighted by molar-refractivity contribution is 0.0853. The molecule has 2 rings (SSSR count). The highest BCUT2D eigenvalue weighted by Crippen LogP contribution is 2.32. The number of carbonyl (C=O) groups excluding carboxylic acids is 1. The maximum atomic E-state index is 12.6. The van der Waals surface area contributed by atoms with Crippen LogP contribution in [0.5, 0.6) is 0 Å². The van der Waals surface area contributed by atoms with Gasteiger partial charge in [0.25, 0.3) is 5.91 Å². The van der Waals surface area contributed by atoms with Crippen LogP contribution in [0, 0.1) is 5.92 Å². The number of amides is 1. The fourth-order valence-electron chi connectivity index (χ4n) is 3.37. The molecule has 3 heteroatoms. The zero-order chi connectivity index (χ0) is 14.6. The lowest BCUT2D eigenvalue weighted by Crippen LogP contribution is -2.56. The highest BCUT2D eigenvalue weighted by molar-refractivity contribution is 5.96. The fraction of sp³-hybridized carbons (Fsp3) is 0.588. The van der Waals surface area contributed by atoms with E-state index in [4.69, 9.17) is 5.73 Å². The van der Waals surface area contributed by atoms with E-state index in [1.54, 1.807) is 0 Å². The van der Waals surface area contributed by atoms with E-state index in [9.17, 15) is 4.79 Å². The predicted molar refractivity (Wildman–Crippen MR) is 82.7 cm³/mol. The molecule has 3 N–H and O–H groups in total. The molecule has 1 aliphatic carbocycles. The van der Waals surface area contributed by atoms with E-state index in [2.05, 4.69) is 19.2 Å². The Balaban J connectivity index is 2.17. The Morgan fingerprint density at radius 1 is 1.45 bits per heavy atom. The molecule has 1 fully saturated rings. The minimum Gasteiger partial charge on any atom is -0.345 e. The summed E-state index contributed by atoms with van der Waals surface area (Å²) >= 11 is 0. The Kier molecular flexibility index (Phi) is 4.81. The molecule has 2 atom stereocenters. The highest BCUT2D eigenvalue weighted by atomic mass is 16.1. The molecule has 0 heterocycles. The summed E-state index contributed by atoms with van der Waals surface area (Å²) in [6.45, 7) is 4.85. The van der Waals surface area contributed by atoms with E-state index in [1.807, 2.05) is 24.3 Å². The molecule has 0 bridgehead atoms. The standard InChI is InChI=1S/C17H26N2O/c1-3-14-8-4-5-9-15(14)16(20)19-17(12-18)10-6-7-13(2)11-17/h4-5,8-9,13H,3,6-7,10-12,18H2,1-2H3,(H,19,20). The first-order valence-electron chi connectivity index (χ1n) is 7.70. The van der Waals surface area contributed by atoms with Gasteiger partial charge in [-0.15, -0.1) is 0 Å². The van der Waals surface area contributed by atoms with Gasteiger partial charge in [0.15, 0.2) is 0 Å². The normalized spacial score (nSPS) is 26.2. The number of nitrogens with two attached hydrogens (primary N) is 1. The molecule has 0 radical (unpaired) electrons. The van der Waals surface area contributed by atoms with Gasteiger partial charge in [0.2, 0.25) is 0 Å². The van der Waals surface area contributed by atoms with Crippen LogP contribution in [0.3, 0.4) is 0 Å². The fourth-order valence-corrected chi connectivity index (χ4v) is 3.37. The smallest absolute Gasteiger partial charge is 0.252 e. The third-order valence-electron chi connectivity index (χ3n) is 4.50. The van der Waals surface area contributed by atoms with Crippen LogP contribution in [0.25, 0.3) is 0 Å². The van der Waals surface area contributed by atoms with Crippen molar-refractivity contribution in [2.45, 2.75) is 51.5 Å². The Labute approximate surface area is 121 Å². The van der Waals surface area contributed by atoms with Crippen LogP contribution < -0.4 is 11.1 Å². The second-order valence-corrected chi connectivity index (χ2v) is 6.15. The summed E-state index contributed by atoms with van der Waals surface area (Å²) in [5.41, 5.74) is 7.66. The van der Waals surface area contributed by atoms with E-state index in [1.165, 1.54) is 6.42 Å². The van der Waals surface area contributed by atoms with Crippen molar-refractivity contribution in [3.05, 3.63) is 35.4 Å². The van der Waals surface area contributed by atoms with Crippen molar-refractivity contribution >= 4 is 5.91 Å². The van der Waals surface area contributed by atoms with Gasteiger partial charge in [0.05, 0.1) is 5.54 Å². The average molecular weight is 274 g/mol. The molecule has 0 aromatic heterocycles. The number of hydrogen-bond acceptors (Lipinski definition) is 2. The number of nitrogens with one attached hydrogen (secondary N) is 1. The van der Waals surface area contributed by atoms with E-state index in [-0.39, 0.29) is 11.4 Å². The molecule has 1 aliphatic rings. The molecular formula is C17H26N2O. The molecule has 1 amide bonds. The van der Waals surface area contributed by atoms with Crippen molar-refractivity contribution in [3.8, 4) is 0 Å². The van der Waals surface area contributed by atoms with Gasteiger partial charge >= 0.3 is 0 Å². The molecule has 0 spiro atoms. The van der Waals surface area contributed by atoms with E-state index < -0.39 is 0 Å². The molecule has 3 nitrogen and oxygen atoms in total. The molecule has 1 saturated carbocycles. The largest absolute Gasteiger partial charge is 0.345 e. The second-order valence-electron chi connectivity index (χ2n) is 6.15. The Morgan fingerprint density at radius 3 is 2.85 bits per heavy atom. The molecule has 0 aliphatic heterocycles. The Hall–Kier alpha value is -1.35. The third kappa shape index (κ3) is 3.21. The van der Waals surface area contributed by atoms with Gasteiger partial charge in [0, 0.05) is 12.1 Å². The number of carbonyl (C=O) groups is 1. The topological polar surface area (TPSA) is 55.1 Å². The van der Waals surface area contributed by atoms with Crippen LogP contribution in [0.1, 0.15) is 55.5 Å². The van der Waals surface area contributed by atoms with Crippen LogP contribution in [-0.4, -0.2) is 18.0 Å². The zero-order valence-electron chi connectivity index (χ0n) is 12.6. The zero-order valence-corrected chi connectivity index (χ0v) is 12.6. The van der Waals surface area contributed by atoms with Crippen molar-refractivity contribution in [2.24, 2.45) is 11.7 Å². The van der Waals surface area contributed by atoms with Crippen molar-refractivity contribution in [2.75, 3.05) is 6.54 Å². The SMILES string of the molecule is CCc1ccccc1C(=O)NC1(CN)CCCC(C)C1. The van der Waals surface area contributed by atoms with Gasteiger partial charge in [-0.25, -0.2) is 0 Å². The summed E-state index contributed by atoms with van der Waals surface area (Å²) in [6, 6.07) is 7.84. The van der Waals surface area contributed by atoms with E-state index in [0.29, 0.717) is 12.5 Å². The minimum atomic E-state index is -0.213. The van der Waals surface area contributed by atoms with Crippen LogP contribution >= 0.6 is 0 Å². The molecule has 2 unspecified atom stereocenters. The Bertz CT molecular complexity index is 472. The summed E-state index contributed by atoms with van der Waals surface area (Å²) in [5, 5.41) is 3.24. The summed E-state index contributed by atoms with van der Waals surface area (Å²) in [5.74, 6) is 0.663. The van der Waals surface area contributed by atoms with Crippen molar-refractivity contribution < 1.29 is 4.79 Å². The molecule has 1 aromatic rings. The van der Waals surface area contributed by atoms with E-state index in [0.717, 1.165) is 36.8 Å². The summed E-state index contributed by atoms with van der Waals surface area (Å²) < 4.78 is 0. The van der Waals surface area contributed by atoms with Crippen molar-refractivity contribution in [1.29, 1.82) is 0 Å². The van der Waals surface area contributed by atoms with Gasteiger partial charge in [-0.05, 0) is 36.8 Å². The molecular weight excluding hydrogens is 248 g/mol. The van der Waals surface area contributed by atoms with Crippen LogP contribution in [0.15, 0.2) is 24.3 Å². The van der Waals surface area contributed by atoms with E-state index >= 15 is 0 Å². The van der Waals surface area contributed by atoms with Crippen LogP contribution in [0.4, 0.5) is 0 Å². The maximum absolute atomic E-state index is 12.6. The number of benzene rings is 1. The second kappa shape index (κ2) is 6.40. The van der Waals surface area contributed by atoms with Gasteiger partial charge < -0.3 is 11.1 Å². The molecule has 20 heavy (non-hydrogen) atoms. The lowest BCUT2D eigenvalue weighted by atomic mass is 9.76. The minimum absolute atomic E-state index is 0.0296. The van der Waals surface area contributed by atoms with Crippen LogP contribution in [-0.2, 0) is 6.42 Å². The highest BCUT2D eigenvalue weighted by Gasteiger charge is 2.35. The number of aryl methyl sites for hydroxylation is 1. The monoisotopic (exact) mass is 274 g/mol. The third-order valence-corrected chi connectivity index (χ3v) is 4.50. The predicted octanol–water partition coefficient (Wildman–Crippen LogP) is 2.89. The Morgan fingerprint density at radius 2 is 2.20 bits per heavy atom. The lowest BCUT2D eigenvalue weighted by Gasteiger charge is -2.40. The number of hydrogen-bond donors (Lipinski definition) is 2. The summed E-state index contributed by atoms with van der Waals surface area (Å²) in [7, 11) is 0. The van der Waals surface area contributed by atoms with Gasteiger partial charge in [-0.2, -0.15) is 0 Å². The first-order chi connectivity index (χ1) is 9.60. The molecule has 1 aromatic carbocycles. The van der Waals surface area contributed by atoms with Gasteiger partial charge in [-0.3, -0.25) is 4.79 Å². The quantitative estimate of drug-likeness (QED) is 0.887. The van der Waals surface area contributed by atoms with Crippen LogP contribution in [0.2, 0.25) is 0 Å². The van der Waals surface area contributed by atoms with Gasteiger partial charge in [-0.1, -0.05) is 44.9 Å².